The molecule has 0 aliphatic heterocycles. The summed E-state index contributed by atoms with van der Waals surface area (Å²) in [6.07, 6.45) is 1.81. The number of hydrogen-bond acceptors (Lipinski definition) is 7. The van der Waals surface area contributed by atoms with E-state index in [1.165, 1.54) is 16.9 Å². The standard InChI is InChI=1S/C26H22O4.C9H7N.C3H2ClNS/c27-21-9-1-17(2-10-21)25(18-3-11-22(28)12-4-18)26(19-5-13-23(29)14-6-19)20-7-15-24(30)16-8-20;1-2-6-9-8(4-1)5-3-7-10-9;4-3-1-2-6-5-3/h1-16,25-30H;1-7H;1-2H. The molecule has 46 heavy (non-hydrogen) atoms. The maximum atomic E-state index is 9.79. The van der Waals surface area contributed by atoms with Crippen molar-refractivity contribution < 1.29 is 20.4 Å². The Kier molecular flexibility index (Phi) is 10.8. The first kappa shape index (κ1) is 32.0. The van der Waals surface area contributed by atoms with Crippen LogP contribution in [0.3, 0.4) is 0 Å². The van der Waals surface area contributed by atoms with Crippen LogP contribution in [0.1, 0.15) is 34.1 Å². The average Bonchev–Trinajstić information content (AvgIpc) is 3.57. The Labute approximate surface area is 276 Å². The van der Waals surface area contributed by atoms with Gasteiger partial charge in [-0.3, -0.25) is 4.98 Å². The molecule has 7 aromatic rings. The molecule has 0 spiro atoms. The van der Waals surface area contributed by atoms with Crippen molar-refractivity contribution in [3.05, 3.63) is 179 Å². The van der Waals surface area contributed by atoms with Gasteiger partial charge in [-0.25, -0.2) is 0 Å². The van der Waals surface area contributed by atoms with Crippen LogP contribution in [0.25, 0.3) is 10.9 Å². The minimum atomic E-state index is -0.139. The maximum Gasteiger partial charge on any atom is 0.142 e. The third-order valence-electron chi connectivity index (χ3n) is 7.26. The monoisotopic (exact) mass is 646 g/mol. The summed E-state index contributed by atoms with van der Waals surface area (Å²) in [5, 5.41) is 42.8. The van der Waals surface area contributed by atoms with Crippen LogP contribution in [0.15, 0.2) is 151 Å². The summed E-state index contributed by atoms with van der Waals surface area (Å²) in [4.78, 5) is 4.18. The normalized spacial score (nSPS) is 10.6. The van der Waals surface area contributed by atoms with Gasteiger partial charge in [-0.2, -0.15) is 4.37 Å². The summed E-state index contributed by atoms with van der Waals surface area (Å²) < 4.78 is 3.72. The lowest BCUT2D eigenvalue weighted by molar-refractivity contribution is 0.473. The molecule has 5 aromatic carbocycles. The van der Waals surface area contributed by atoms with E-state index < -0.39 is 0 Å². The second kappa shape index (κ2) is 15.6. The molecule has 0 saturated heterocycles. The lowest BCUT2D eigenvalue weighted by Crippen LogP contribution is -2.14. The molecule has 0 aliphatic carbocycles. The summed E-state index contributed by atoms with van der Waals surface area (Å²) in [5.74, 6) is 0.478. The maximum absolute atomic E-state index is 9.79. The van der Waals surface area contributed by atoms with Crippen molar-refractivity contribution in [3.63, 3.8) is 0 Å². The van der Waals surface area contributed by atoms with Gasteiger partial charge in [0.05, 0.1) is 5.52 Å². The average molecular weight is 647 g/mol. The fourth-order valence-electron chi connectivity index (χ4n) is 5.10. The number of fused-ring (bicyclic) bond motifs is 1. The van der Waals surface area contributed by atoms with Crippen molar-refractivity contribution in [2.24, 2.45) is 0 Å². The zero-order valence-electron chi connectivity index (χ0n) is 24.6. The number of aromatic nitrogens is 2. The molecule has 230 valence electrons. The van der Waals surface area contributed by atoms with E-state index in [1.54, 1.807) is 54.6 Å². The van der Waals surface area contributed by atoms with E-state index >= 15 is 0 Å². The van der Waals surface area contributed by atoms with Crippen LogP contribution in [-0.4, -0.2) is 29.8 Å². The first-order chi connectivity index (χ1) is 22.4. The van der Waals surface area contributed by atoms with Gasteiger partial charge in [-0.15, -0.1) is 0 Å². The van der Waals surface area contributed by atoms with Crippen LogP contribution < -0.4 is 0 Å². The number of hydrogen-bond donors (Lipinski definition) is 4. The smallest absolute Gasteiger partial charge is 0.142 e. The van der Waals surface area contributed by atoms with Crippen LogP contribution in [0.2, 0.25) is 5.15 Å². The van der Waals surface area contributed by atoms with Crippen molar-refractivity contribution in [2.75, 3.05) is 0 Å². The first-order valence-electron chi connectivity index (χ1n) is 14.4. The van der Waals surface area contributed by atoms with Gasteiger partial charge in [-0.1, -0.05) is 84.4 Å². The van der Waals surface area contributed by atoms with E-state index in [1.807, 2.05) is 84.4 Å². The number of para-hydroxylation sites is 1. The first-order valence-corrected chi connectivity index (χ1v) is 15.6. The lowest BCUT2D eigenvalue weighted by atomic mass is 9.73. The molecule has 0 saturated carbocycles. The molecule has 7 rings (SSSR count). The van der Waals surface area contributed by atoms with Crippen LogP contribution >= 0.6 is 23.1 Å². The van der Waals surface area contributed by atoms with Crippen LogP contribution in [0, 0.1) is 0 Å². The molecule has 0 bridgehead atoms. The van der Waals surface area contributed by atoms with Crippen molar-refractivity contribution >= 4 is 34.0 Å². The Morgan fingerprint density at radius 1 is 0.478 bits per heavy atom. The molecular weight excluding hydrogens is 616 g/mol. The number of pyridine rings is 1. The molecule has 0 radical (unpaired) electrons. The number of nitrogens with zero attached hydrogens (tertiary/aromatic N) is 2. The van der Waals surface area contributed by atoms with E-state index in [0.717, 1.165) is 27.8 Å². The number of halogens is 1. The predicted molar refractivity (Wildman–Crippen MR) is 185 cm³/mol. The van der Waals surface area contributed by atoms with Crippen molar-refractivity contribution in [1.82, 2.24) is 9.36 Å². The molecule has 8 heteroatoms. The quantitative estimate of drug-likeness (QED) is 0.148. The van der Waals surface area contributed by atoms with Crippen LogP contribution in [0.5, 0.6) is 23.0 Å². The summed E-state index contributed by atoms with van der Waals surface area (Å²) in [6, 6.07) is 42.2. The Balaban J connectivity index is 0.000000210. The number of rotatable bonds is 5. The largest absolute Gasteiger partial charge is 0.508 e. The number of aromatic hydroxyl groups is 4. The summed E-state index contributed by atoms with van der Waals surface area (Å²) in [5.41, 5.74) is 5.02. The second-order valence-corrected chi connectivity index (χ2v) is 11.4. The highest BCUT2D eigenvalue weighted by atomic mass is 35.5. The fourth-order valence-corrected chi connectivity index (χ4v) is 5.76. The Hall–Kier alpha value is -5.37. The number of phenols is 4. The third kappa shape index (κ3) is 8.63. The highest BCUT2D eigenvalue weighted by molar-refractivity contribution is 7.03. The molecule has 0 unspecified atom stereocenters. The number of benzene rings is 5. The van der Waals surface area contributed by atoms with E-state index in [9.17, 15) is 20.4 Å². The second-order valence-electron chi connectivity index (χ2n) is 10.3. The van der Waals surface area contributed by atoms with Crippen molar-refractivity contribution in [1.29, 1.82) is 0 Å². The van der Waals surface area contributed by atoms with Gasteiger partial charge < -0.3 is 20.4 Å². The highest BCUT2D eigenvalue weighted by Gasteiger charge is 2.28. The molecule has 6 nitrogen and oxygen atoms in total. The Morgan fingerprint density at radius 3 is 1.20 bits per heavy atom. The number of phenolic OH excluding ortho intramolecular Hbond substituents is 4. The zero-order valence-corrected chi connectivity index (χ0v) is 26.1. The van der Waals surface area contributed by atoms with Gasteiger partial charge in [0, 0.05) is 28.8 Å². The minimum Gasteiger partial charge on any atom is -0.508 e. The summed E-state index contributed by atoms with van der Waals surface area (Å²) in [7, 11) is 0. The topological polar surface area (TPSA) is 107 Å². The summed E-state index contributed by atoms with van der Waals surface area (Å²) in [6.45, 7) is 0. The molecule has 2 heterocycles. The highest BCUT2D eigenvalue weighted by Crippen LogP contribution is 2.44. The van der Waals surface area contributed by atoms with Gasteiger partial charge >= 0.3 is 0 Å². The van der Waals surface area contributed by atoms with Gasteiger partial charge in [0.1, 0.15) is 28.2 Å². The van der Waals surface area contributed by atoms with Gasteiger partial charge in [-0.05, 0) is 101 Å². The van der Waals surface area contributed by atoms with E-state index in [4.69, 9.17) is 11.6 Å². The summed E-state index contributed by atoms with van der Waals surface area (Å²) >= 11 is 6.71. The zero-order chi connectivity index (χ0) is 32.3. The van der Waals surface area contributed by atoms with Gasteiger partial charge in [0.2, 0.25) is 0 Å². The third-order valence-corrected chi connectivity index (χ3v) is 8.13. The van der Waals surface area contributed by atoms with E-state index in [-0.39, 0.29) is 34.8 Å². The lowest BCUT2D eigenvalue weighted by Gasteiger charge is -2.29. The van der Waals surface area contributed by atoms with Crippen LogP contribution in [0.4, 0.5) is 0 Å². The van der Waals surface area contributed by atoms with Crippen molar-refractivity contribution in [3.8, 4) is 23.0 Å². The van der Waals surface area contributed by atoms with Gasteiger partial charge in [0.15, 0.2) is 0 Å². The molecular formula is C38H31ClN2O4S. The minimum absolute atomic E-state index is 0.139. The molecule has 2 aromatic heterocycles. The van der Waals surface area contributed by atoms with E-state index in [0.29, 0.717) is 5.15 Å². The predicted octanol–water partition coefficient (Wildman–Crippen LogP) is 9.50. The Bertz CT molecular complexity index is 1680. The SMILES string of the molecule is Clc1ccsn1.Oc1ccc(C(c2ccc(O)cc2)C(c2ccc(O)cc2)c2ccc(O)cc2)cc1.c1ccc2ncccc2c1. The molecule has 0 atom stereocenters. The van der Waals surface area contributed by atoms with Crippen molar-refractivity contribution in [2.45, 2.75) is 11.8 Å². The van der Waals surface area contributed by atoms with Gasteiger partial charge in [0.25, 0.3) is 0 Å². The Morgan fingerprint density at radius 2 is 0.870 bits per heavy atom. The van der Waals surface area contributed by atoms with Crippen LogP contribution in [-0.2, 0) is 0 Å². The molecule has 4 N–H and O–H groups in total. The van der Waals surface area contributed by atoms with E-state index in [2.05, 4.69) is 21.5 Å². The molecule has 0 aliphatic rings. The molecule has 0 amide bonds. The fraction of sp³-hybridized carbons (Fsp3) is 0.0526. The molecule has 0 fully saturated rings.